The Balaban J connectivity index is 1.92. The second-order valence-electron chi connectivity index (χ2n) is 5.08. The highest BCUT2D eigenvalue weighted by Gasteiger charge is 2.16. The Morgan fingerprint density at radius 1 is 1.26 bits per heavy atom. The van der Waals surface area contributed by atoms with Gasteiger partial charge >= 0.3 is 0 Å². The van der Waals surface area contributed by atoms with E-state index in [-0.39, 0.29) is 0 Å². The van der Waals surface area contributed by atoms with E-state index in [4.69, 9.17) is 0 Å². The normalized spacial score (nSPS) is 16.1. The van der Waals surface area contributed by atoms with Gasteiger partial charge in [-0.3, -0.25) is 4.98 Å². The Morgan fingerprint density at radius 3 is 2.84 bits per heavy atom. The van der Waals surface area contributed by atoms with E-state index in [1.807, 2.05) is 31.6 Å². The number of hydrogen-bond donors (Lipinski definition) is 1. The minimum atomic E-state index is -0.467. The van der Waals surface area contributed by atoms with E-state index in [9.17, 15) is 5.11 Å². The smallest absolute Gasteiger partial charge is 0.0998 e. The van der Waals surface area contributed by atoms with E-state index in [0.717, 1.165) is 24.2 Å². The van der Waals surface area contributed by atoms with Crippen LogP contribution in [-0.2, 0) is 12.8 Å². The lowest BCUT2D eigenvalue weighted by Gasteiger charge is -2.14. The van der Waals surface area contributed by atoms with Crippen molar-refractivity contribution in [3.63, 3.8) is 0 Å². The standard InChI is InChI=1S/C15H19N3O/c1-2-15(19)13-8-7-11(9-16-13)18-10-17-12-5-3-4-6-14(12)18/h7-10,15,19H,2-6H2,1H3. The molecule has 0 aliphatic heterocycles. The fourth-order valence-corrected chi connectivity index (χ4v) is 2.64. The highest BCUT2D eigenvalue weighted by Crippen LogP contribution is 2.23. The molecular formula is C15H19N3O. The zero-order valence-corrected chi connectivity index (χ0v) is 11.2. The highest BCUT2D eigenvalue weighted by molar-refractivity contribution is 5.35. The summed E-state index contributed by atoms with van der Waals surface area (Å²) in [4.78, 5) is 8.85. The lowest BCUT2D eigenvalue weighted by Crippen LogP contribution is -2.07. The first-order valence-electron chi connectivity index (χ1n) is 6.99. The number of pyridine rings is 1. The van der Waals surface area contributed by atoms with Gasteiger partial charge < -0.3 is 9.67 Å². The molecule has 0 bridgehead atoms. The van der Waals surface area contributed by atoms with Crippen LogP contribution in [0.3, 0.4) is 0 Å². The molecule has 4 heteroatoms. The molecule has 0 aromatic carbocycles. The minimum absolute atomic E-state index is 0.467. The molecule has 1 atom stereocenters. The van der Waals surface area contributed by atoms with Gasteiger partial charge in [-0.1, -0.05) is 6.92 Å². The Hall–Kier alpha value is -1.68. The van der Waals surface area contributed by atoms with Crippen LogP contribution in [0.4, 0.5) is 0 Å². The van der Waals surface area contributed by atoms with Crippen LogP contribution in [0.1, 0.15) is 49.4 Å². The molecule has 2 heterocycles. The summed E-state index contributed by atoms with van der Waals surface area (Å²) < 4.78 is 2.13. The summed E-state index contributed by atoms with van der Waals surface area (Å²) in [6.45, 7) is 1.95. The topological polar surface area (TPSA) is 50.9 Å². The van der Waals surface area contributed by atoms with E-state index >= 15 is 0 Å². The summed E-state index contributed by atoms with van der Waals surface area (Å²) in [6, 6.07) is 3.91. The summed E-state index contributed by atoms with van der Waals surface area (Å²) in [5.74, 6) is 0. The van der Waals surface area contributed by atoms with Gasteiger partial charge in [0.2, 0.25) is 0 Å². The summed E-state index contributed by atoms with van der Waals surface area (Å²) in [5.41, 5.74) is 4.31. The molecule has 100 valence electrons. The van der Waals surface area contributed by atoms with Crippen molar-refractivity contribution in [1.82, 2.24) is 14.5 Å². The summed E-state index contributed by atoms with van der Waals surface area (Å²) in [6.07, 6.45) is 8.59. The van der Waals surface area contributed by atoms with E-state index in [2.05, 4.69) is 14.5 Å². The lowest BCUT2D eigenvalue weighted by atomic mass is 10.0. The average molecular weight is 257 g/mol. The molecule has 1 unspecified atom stereocenters. The number of fused-ring (bicyclic) bond motifs is 1. The van der Waals surface area contributed by atoms with Crippen LogP contribution in [0.5, 0.6) is 0 Å². The number of aliphatic hydroxyl groups is 1. The minimum Gasteiger partial charge on any atom is -0.387 e. The Kier molecular flexibility index (Phi) is 3.34. The fraction of sp³-hybridized carbons (Fsp3) is 0.467. The van der Waals surface area contributed by atoms with Crippen molar-refractivity contribution in [2.75, 3.05) is 0 Å². The predicted molar refractivity (Wildman–Crippen MR) is 73.3 cm³/mol. The number of aliphatic hydroxyl groups excluding tert-OH is 1. The van der Waals surface area contributed by atoms with E-state index in [1.54, 1.807) is 0 Å². The Morgan fingerprint density at radius 2 is 2.11 bits per heavy atom. The second-order valence-corrected chi connectivity index (χ2v) is 5.08. The molecule has 0 spiro atoms. The Labute approximate surface area is 113 Å². The molecule has 2 aromatic heterocycles. The molecule has 0 saturated carbocycles. The van der Waals surface area contributed by atoms with Gasteiger partial charge in [-0.2, -0.15) is 0 Å². The van der Waals surface area contributed by atoms with Crippen molar-refractivity contribution >= 4 is 0 Å². The summed E-state index contributed by atoms with van der Waals surface area (Å²) >= 11 is 0. The third kappa shape index (κ3) is 2.28. The van der Waals surface area contributed by atoms with Crippen LogP contribution in [0, 0.1) is 0 Å². The molecule has 0 saturated heterocycles. The van der Waals surface area contributed by atoms with Gasteiger partial charge in [-0.15, -0.1) is 0 Å². The molecule has 0 amide bonds. The van der Waals surface area contributed by atoms with Gasteiger partial charge in [0, 0.05) is 5.69 Å². The zero-order valence-electron chi connectivity index (χ0n) is 11.2. The van der Waals surface area contributed by atoms with Crippen LogP contribution in [-0.4, -0.2) is 19.6 Å². The first-order valence-corrected chi connectivity index (χ1v) is 6.99. The Bertz CT molecular complexity index is 559. The van der Waals surface area contributed by atoms with E-state index in [1.165, 1.54) is 24.2 Å². The molecule has 0 radical (unpaired) electrons. The molecule has 19 heavy (non-hydrogen) atoms. The van der Waals surface area contributed by atoms with Crippen molar-refractivity contribution in [3.05, 3.63) is 41.7 Å². The third-order valence-electron chi connectivity index (χ3n) is 3.81. The number of rotatable bonds is 3. The molecule has 0 fully saturated rings. The zero-order chi connectivity index (χ0) is 13.2. The van der Waals surface area contributed by atoms with E-state index < -0.39 is 6.10 Å². The number of imidazole rings is 1. The van der Waals surface area contributed by atoms with Crippen molar-refractivity contribution < 1.29 is 5.11 Å². The molecule has 4 nitrogen and oxygen atoms in total. The highest BCUT2D eigenvalue weighted by atomic mass is 16.3. The first-order chi connectivity index (χ1) is 9.29. The fourth-order valence-electron chi connectivity index (χ4n) is 2.64. The largest absolute Gasteiger partial charge is 0.387 e. The quantitative estimate of drug-likeness (QED) is 0.919. The van der Waals surface area contributed by atoms with Crippen LogP contribution in [0.2, 0.25) is 0 Å². The summed E-state index contributed by atoms with van der Waals surface area (Å²) in [5, 5.41) is 9.76. The van der Waals surface area contributed by atoms with Crippen molar-refractivity contribution in [3.8, 4) is 5.69 Å². The predicted octanol–water partition coefficient (Wildman–Crippen LogP) is 2.59. The van der Waals surface area contributed by atoms with Crippen LogP contribution in [0.15, 0.2) is 24.7 Å². The maximum atomic E-state index is 9.76. The first kappa shape index (κ1) is 12.4. The van der Waals surface area contributed by atoms with Gasteiger partial charge in [-0.25, -0.2) is 4.98 Å². The maximum absolute atomic E-state index is 9.76. The van der Waals surface area contributed by atoms with Crippen molar-refractivity contribution in [2.45, 2.75) is 45.1 Å². The number of nitrogens with zero attached hydrogens (tertiary/aromatic N) is 3. The molecule has 1 N–H and O–H groups in total. The van der Waals surface area contributed by atoms with Crippen LogP contribution >= 0.6 is 0 Å². The number of aryl methyl sites for hydroxylation is 1. The SMILES string of the molecule is CCC(O)c1ccc(-n2cnc3c2CCCC3)cn1. The average Bonchev–Trinajstić information content (AvgIpc) is 2.90. The maximum Gasteiger partial charge on any atom is 0.0998 e. The van der Waals surface area contributed by atoms with Crippen molar-refractivity contribution in [2.24, 2.45) is 0 Å². The van der Waals surface area contributed by atoms with Crippen molar-refractivity contribution in [1.29, 1.82) is 0 Å². The molecule has 3 rings (SSSR count). The lowest BCUT2D eigenvalue weighted by molar-refractivity contribution is 0.169. The molecule has 2 aromatic rings. The van der Waals surface area contributed by atoms with Gasteiger partial charge in [0.25, 0.3) is 0 Å². The van der Waals surface area contributed by atoms with Gasteiger partial charge in [0.05, 0.1) is 35.7 Å². The van der Waals surface area contributed by atoms with E-state index in [0.29, 0.717) is 6.42 Å². The molecular weight excluding hydrogens is 238 g/mol. The van der Waals surface area contributed by atoms with Gasteiger partial charge in [0.1, 0.15) is 0 Å². The summed E-state index contributed by atoms with van der Waals surface area (Å²) in [7, 11) is 0. The molecule has 1 aliphatic rings. The van der Waals surface area contributed by atoms with Crippen LogP contribution < -0.4 is 0 Å². The number of aromatic nitrogens is 3. The second kappa shape index (κ2) is 5.13. The van der Waals surface area contributed by atoms with Gasteiger partial charge in [-0.05, 0) is 44.2 Å². The third-order valence-corrected chi connectivity index (χ3v) is 3.81. The monoisotopic (exact) mass is 257 g/mol. The van der Waals surface area contributed by atoms with Crippen LogP contribution in [0.25, 0.3) is 5.69 Å². The van der Waals surface area contributed by atoms with Gasteiger partial charge in [0.15, 0.2) is 0 Å². The molecule has 1 aliphatic carbocycles. The number of hydrogen-bond acceptors (Lipinski definition) is 3.